The van der Waals surface area contributed by atoms with Gasteiger partial charge in [-0.25, -0.2) is 4.98 Å². The predicted molar refractivity (Wildman–Crippen MR) is 68.2 cm³/mol. The van der Waals surface area contributed by atoms with Crippen LogP contribution in [0.5, 0.6) is 0 Å². The van der Waals surface area contributed by atoms with Crippen molar-refractivity contribution < 1.29 is 4.79 Å². The number of rotatable bonds is 4. The maximum atomic E-state index is 11.9. The second-order valence-electron chi connectivity index (χ2n) is 4.30. The second kappa shape index (κ2) is 5.53. The Morgan fingerprint density at radius 2 is 2.41 bits per heavy atom. The van der Waals surface area contributed by atoms with E-state index in [2.05, 4.69) is 26.8 Å². The Kier molecular flexibility index (Phi) is 4.04. The van der Waals surface area contributed by atoms with Crippen LogP contribution in [-0.2, 0) is 6.42 Å². The van der Waals surface area contributed by atoms with Gasteiger partial charge in [-0.05, 0) is 25.5 Å². The van der Waals surface area contributed by atoms with E-state index in [1.165, 1.54) is 6.42 Å². The molecule has 1 heterocycles. The Morgan fingerprint density at radius 1 is 1.59 bits per heavy atom. The van der Waals surface area contributed by atoms with Gasteiger partial charge in [0.1, 0.15) is 5.82 Å². The number of aromatic nitrogens is 3. The van der Waals surface area contributed by atoms with Crippen LogP contribution in [0.15, 0.2) is 0 Å². The van der Waals surface area contributed by atoms with Crippen LogP contribution in [0.3, 0.4) is 0 Å². The highest BCUT2D eigenvalue weighted by atomic mass is 32.2. The minimum Gasteiger partial charge on any atom is -0.346 e. The van der Waals surface area contributed by atoms with Crippen molar-refractivity contribution in [3.63, 3.8) is 0 Å². The van der Waals surface area contributed by atoms with Crippen LogP contribution in [0.4, 0.5) is 0 Å². The number of hydrogen-bond acceptors (Lipinski definition) is 4. The molecule has 1 saturated carbocycles. The lowest BCUT2D eigenvalue weighted by atomic mass is 10.2. The highest BCUT2D eigenvalue weighted by Gasteiger charge is 2.26. The molecule has 1 amide bonds. The highest BCUT2D eigenvalue weighted by Crippen LogP contribution is 2.28. The van der Waals surface area contributed by atoms with E-state index < -0.39 is 0 Å². The molecular formula is C11H18N4OS. The minimum absolute atomic E-state index is 0.160. The Morgan fingerprint density at radius 3 is 3.00 bits per heavy atom. The summed E-state index contributed by atoms with van der Waals surface area (Å²) in [5.41, 5.74) is 0. The fourth-order valence-corrected chi connectivity index (χ4v) is 2.89. The minimum atomic E-state index is -0.160. The van der Waals surface area contributed by atoms with Crippen LogP contribution in [0.2, 0.25) is 0 Å². The van der Waals surface area contributed by atoms with Gasteiger partial charge in [0.05, 0.1) is 0 Å². The average Bonchev–Trinajstić information content (AvgIpc) is 2.96. The molecule has 0 aromatic carbocycles. The summed E-state index contributed by atoms with van der Waals surface area (Å²) in [7, 11) is 0. The third kappa shape index (κ3) is 3.00. The topological polar surface area (TPSA) is 70.7 Å². The van der Waals surface area contributed by atoms with Gasteiger partial charge >= 0.3 is 0 Å². The predicted octanol–water partition coefficient (Wildman–Crippen LogP) is 1.38. The fourth-order valence-electron chi connectivity index (χ4n) is 2.09. The Bertz CT molecular complexity index is 393. The zero-order chi connectivity index (χ0) is 12.3. The van der Waals surface area contributed by atoms with Crippen LogP contribution < -0.4 is 5.32 Å². The van der Waals surface area contributed by atoms with E-state index in [1.54, 1.807) is 0 Å². The number of carbonyl (C=O) groups excluding carboxylic acids is 1. The Hall–Kier alpha value is -1.04. The van der Waals surface area contributed by atoms with Gasteiger partial charge in [0, 0.05) is 17.7 Å². The third-order valence-electron chi connectivity index (χ3n) is 3.12. The molecule has 2 N–H and O–H groups in total. The van der Waals surface area contributed by atoms with Crippen LogP contribution in [0.25, 0.3) is 0 Å². The standard InChI is InChI=1S/C11H18N4OS/c1-3-9-13-10(15-14-9)11(16)12-7-4-5-8(6-7)17-2/h7-8H,3-6H2,1-2H3,(H,12,16)(H,13,14,15). The number of aryl methyl sites for hydroxylation is 1. The van der Waals surface area contributed by atoms with Crippen LogP contribution in [-0.4, -0.2) is 38.6 Å². The number of carbonyl (C=O) groups is 1. The van der Waals surface area contributed by atoms with Crippen LogP contribution in [0, 0.1) is 0 Å². The normalized spacial score (nSPS) is 23.9. The molecule has 2 rings (SSSR count). The molecule has 0 aliphatic heterocycles. The van der Waals surface area contributed by atoms with Crippen molar-refractivity contribution in [1.82, 2.24) is 20.5 Å². The molecule has 2 unspecified atom stereocenters. The molecule has 1 aromatic rings. The van der Waals surface area contributed by atoms with Crippen molar-refractivity contribution >= 4 is 17.7 Å². The fraction of sp³-hybridized carbons (Fsp3) is 0.727. The molecule has 94 valence electrons. The first-order valence-corrected chi connectivity index (χ1v) is 7.26. The van der Waals surface area contributed by atoms with E-state index in [9.17, 15) is 4.79 Å². The summed E-state index contributed by atoms with van der Waals surface area (Å²) < 4.78 is 0. The molecule has 1 fully saturated rings. The van der Waals surface area contributed by atoms with Gasteiger partial charge in [-0.3, -0.25) is 9.89 Å². The first kappa shape index (κ1) is 12.4. The monoisotopic (exact) mass is 254 g/mol. The van der Waals surface area contributed by atoms with E-state index in [0.29, 0.717) is 5.25 Å². The summed E-state index contributed by atoms with van der Waals surface area (Å²) in [6, 6.07) is 0.281. The van der Waals surface area contributed by atoms with Crippen molar-refractivity contribution in [1.29, 1.82) is 0 Å². The lowest BCUT2D eigenvalue weighted by Gasteiger charge is -2.10. The smallest absolute Gasteiger partial charge is 0.291 e. The second-order valence-corrected chi connectivity index (χ2v) is 5.44. The Balaban J connectivity index is 1.89. The van der Waals surface area contributed by atoms with Gasteiger partial charge < -0.3 is 5.32 Å². The van der Waals surface area contributed by atoms with E-state index in [-0.39, 0.29) is 17.8 Å². The molecular weight excluding hydrogens is 236 g/mol. The molecule has 1 aliphatic rings. The van der Waals surface area contributed by atoms with Gasteiger partial charge in [-0.15, -0.1) is 5.10 Å². The summed E-state index contributed by atoms with van der Waals surface area (Å²) >= 11 is 1.88. The van der Waals surface area contributed by atoms with Gasteiger partial charge in [-0.1, -0.05) is 6.92 Å². The lowest BCUT2D eigenvalue weighted by molar-refractivity contribution is 0.0928. The number of nitrogens with one attached hydrogen (secondary N) is 2. The van der Waals surface area contributed by atoms with Crippen molar-refractivity contribution in [2.45, 2.75) is 43.9 Å². The molecule has 0 spiro atoms. The maximum Gasteiger partial charge on any atom is 0.291 e. The first-order valence-electron chi connectivity index (χ1n) is 5.97. The molecule has 2 atom stereocenters. The number of amides is 1. The van der Waals surface area contributed by atoms with Crippen LogP contribution in [0.1, 0.15) is 42.6 Å². The molecule has 5 nitrogen and oxygen atoms in total. The lowest BCUT2D eigenvalue weighted by Crippen LogP contribution is -2.33. The van der Waals surface area contributed by atoms with E-state index in [1.807, 2.05) is 18.7 Å². The molecule has 0 bridgehead atoms. The van der Waals surface area contributed by atoms with Crippen molar-refractivity contribution in [3.05, 3.63) is 11.6 Å². The number of thioether (sulfide) groups is 1. The number of H-pyrrole nitrogens is 1. The van der Waals surface area contributed by atoms with Crippen molar-refractivity contribution in [3.8, 4) is 0 Å². The van der Waals surface area contributed by atoms with E-state index in [0.717, 1.165) is 25.1 Å². The number of aromatic amines is 1. The number of hydrogen-bond donors (Lipinski definition) is 2. The number of nitrogens with zero attached hydrogens (tertiary/aromatic N) is 2. The summed E-state index contributed by atoms with van der Waals surface area (Å²) in [5.74, 6) is 0.853. The molecule has 6 heteroatoms. The molecule has 0 radical (unpaired) electrons. The Labute approximate surface area is 105 Å². The zero-order valence-corrected chi connectivity index (χ0v) is 11.0. The zero-order valence-electron chi connectivity index (χ0n) is 10.2. The summed E-state index contributed by atoms with van der Waals surface area (Å²) in [6.45, 7) is 1.97. The summed E-state index contributed by atoms with van der Waals surface area (Å²) in [4.78, 5) is 16.0. The molecule has 0 saturated heterocycles. The first-order chi connectivity index (χ1) is 8.22. The van der Waals surface area contributed by atoms with Crippen LogP contribution >= 0.6 is 11.8 Å². The third-order valence-corrected chi connectivity index (χ3v) is 4.22. The van der Waals surface area contributed by atoms with Gasteiger partial charge in [0.25, 0.3) is 5.91 Å². The van der Waals surface area contributed by atoms with Crippen molar-refractivity contribution in [2.75, 3.05) is 6.26 Å². The molecule has 1 aliphatic carbocycles. The van der Waals surface area contributed by atoms with E-state index >= 15 is 0 Å². The van der Waals surface area contributed by atoms with Gasteiger partial charge in [-0.2, -0.15) is 11.8 Å². The highest BCUT2D eigenvalue weighted by molar-refractivity contribution is 7.99. The molecule has 1 aromatic heterocycles. The quantitative estimate of drug-likeness (QED) is 0.851. The van der Waals surface area contributed by atoms with Gasteiger partial charge in [0.15, 0.2) is 0 Å². The SMILES string of the molecule is CCc1nc(C(=O)NC2CCC(SC)C2)n[nH]1. The average molecular weight is 254 g/mol. The summed E-state index contributed by atoms with van der Waals surface area (Å²) in [5, 5.41) is 10.3. The van der Waals surface area contributed by atoms with Gasteiger partial charge in [0.2, 0.25) is 5.82 Å². The van der Waals surface area contributed by atoms with E-state index in [4.69, 9.17) is 0 Å². The largest absolute Gasteiger partial charge is 0.346 e. The summed E-state index contributed by atoms with van der Waals surface area (Å²) in [6.07, 6.45) is 6.18. The molecule has 17 heavy (non-hydrogen) atoms. The van der Waals surface area contributed by atoms with Crippen molar-refractivity contribution in [2.24, 2.45) is 0 Å². The maximum absolute atomic E-state index is 11.9.